The van der Waals surface area contributed by atoms with E-state index in [1.807, 2.05) is 31.2 Å². The molecule has 0 amide bonds. The van der Waals surface area contributed by atoms with Crippen LogP contribution in [-0.4, -0.2) is 94.7 Å². The van der Waals surface area contributed by atoms with Gasteiger partial charge < -0.3 is 44.5 Å². The van der Waals surface area contributed by atoms with Crippen molar-refractivity contribution in [1.82, 2.24) is 0 Å². The van der Waals surface area contributed by atoms with Crippen molar-refractivity contribution in [2.24, 2.45) is 0 Å². The summed E-state index contributed by atoms with van der Waals surface area (Å²) in [6.07, 6.45) is -4.98. The molecule has 2 saturated heterocycles. The molecule has 2 aliphatic rings. The fourth-order valence-electron chi connectivity index (χ4n) is 4.57. The van der Waals surface area contributed by atoms with Gasteiger partial charge in [-0.15, -0.1) is 0 Å². The molecule has 4 atom stereocenters. The third kappa shape index (κ3) is 5.70. The molecule has 2 heterocycles. The molecule has 0 radical (unpaired) electrons. The maximum Gasteiger partial charge on any atom is 0.144 e. The van der Waals surface area contributed by atoms with Gasteiger partial charge in [-0.3, -0.25) is 0 Å². The van der Waals surface area contributed by atoms with Crippen LogP contribution in [0.5, 0.6) is 5.75 Å². The SMILES string of the molecule is CCOc1ccc(Cc2cc(C3OC4(COCC(O)(CO)COC4)C(O)C(O)C3O)ccc2Cl)cc1. The van der Waals surface area contributed by atoms with Gasteiger partial charge in [0.15, 0.2) is 0 Å². The van der Waals surface area contributed by atoms with Crippen LogP contribution in [-0.2, 0) is 20.6 Å². The van der Waals surface area contributed by atoms with E-state index in [2.05, 4.69) is 0 Å². The molecule has 4 rings (SSSR count). The van der Waals surface area contributed by atoms with Crippen molar-refractivity contribution >= 4 is 11.6 Å². The van der Waals surface area contributed by atoms with Gasteiger partial charge in [-0.1, -0.05) is 35.9 Å². The molecule has 0 aliphatic carbocycles. The van der Waals surface area contributed by atoms with Crippen molar-refractivity contribution in [3.8, 4) is 5.75 Å². The Morgan fingerprint density at radius 1 is 0.972 bits per heavy atom. The fraction of sp³-hybridized carbons (Fsp3) is 0.538. The number of hydrogen-bond donors (Lipinski definition) is 5. The van der Waals surface area contributed by atoms with Crippen LogP contribution in [0.25, 0.3) is 0 Å². The Morgan fingerprint density at radius 3 is 2.25 bits per heavy atom. The number of benzene rings is 2. The summed E-state index contributed by atoms with van der Waals surface area (Å²) >= 11 is 6.48. The minimum absolute atomic E-state index is 0.233. The Hall–Kier alpha value is -1.79. The fourth-order valence-corrected chi connectivity index (χ4v) is 4.76. The van der Waals surface area contributed by atoms with Gasteiger partial charge in [-0.25, -0.2) is 0 Å². The van der Waals surface area contributed by atoms with Crippen molar-refractivity contribution in [3.63, 3.8) is 0 Å². The molecule has 0 aromatic heterocycles. The summed E-state index contributed by atoms with van der Waals surface area (Å²) in [7, 11) is 0. The zero-order valence-electron chi connectivity index (χ0n) is 20.0. The van der Waals surface area contributed by atoms with Gasteiger partial charge in [0, 0.05) is 5.02 Å². The van der Waals surface area contributed by atoms with Crippen LogP contribution in [0, 0.1) is 0 Å². The maximum atomic E-state index is 10.8. The first kappa shape index (κ1) is 27.3. The first-order valence-corrected chi connectivity index (χ1v) is 12.3. The van der Waals surface area contributed by atoms with Crippen LogP contribution in [0.3, 0.4) is 0 Å². The standard InChI is InChI=1S/C26H33ClO9/c1-2-35-19-6-3-16(4-7-19)9-18-10-17(5-8-20(18)27)23-21(29)22(30)24(31)26(36-23)14-33-12-25(32,11-28)13-34-15-26/h3-8,10,21-24,28-32H,2,9,11-15H2,1H3. The normalized spacial score (nSPS) is 33.2. The Kier molecular flexibility index (Phi) is 8.56. The van der Waals surface area contributed by atoms with E-state index >= 15 is 0 Å². The largest absolute Gasteiger partial charge is 0.494 e. The Bertz CT molecular complexity index is 1000. The third-order valence-corrected chi connectivity index (χ3v) is 7.01. The number of aliphatic hydroxyl groups is 5. The van der Waals surface area contributed by atoms with Gasteiger partial charge in [0.2, 0.25) is 0 Å². The lowest BCUT2D eigenvalue weighted by atomic mass is 9.83. The topological polar surface area (TPSA) is 138 Å². The molecular weight excluding hydrogens is 492 g/mol. The molecule has 2 aromatic rings. The summed E-state index contributed by atoms with van der Waals surface area (Å²) in [6.45, 7) is 0.972. The summed E-state index contributed by atoms with van der Waals surface area (Å²) in [6, 6.07) is 12.9. The lowest BCUT2D eigenvalue weighted by Gasteiger charge is -2.50. The van der Waals surface area contributed by atoms with Crippen molar-refractivity contribution in [1.29, 1.82) is 0 Å². The summed E-state index contributed by atoms with van der Waals surface area (Å²) in [5.74, 6) is 0.777. The predicted octanol–water partition coefficient (Wildman–Crippen LogP) is 0.992. The molecule has 2 aliphatic heterocycles. The molecule has 5 N–H and O–H groups in total. The number of halogens is 1. The lowest BCUT2D eigenvalue weighted by Crippen LogP contribution is -2.66. The highest BCUT2D eigenvalue weighted by atomic mass is 35.5. The van der Waals surface area contributed by atoms with Gasteiger partial charge in [0.05, 0.1) is 39.6 Å². The quantitative estimate of drug-likeness (QED) is 0.374. The van der Waals surface area contributed by atoms with Crippen molar-refractivity contribution in [2.45, 2.75) is 49.0 Å². The van der Waals surface area contributed by atoms with Crippen molar-refractivity contribution in [2.75, 3.05) is 39.6 Å². The summed E-state index contributed by atoms with van der Waals surface area (Å²) in [5, 5.41) is 52.5. The van der Waals surface area contributed by atoms with E-state index in [1.54, 1.807) is 18.2 Å². The summed E-state index contributed by atoms with van der Waals surface area (Å²) in [4.78, 5) is 0. The molecule has 2 aromatic carbocycles. The molecule has 9 nitrogen and oxygen atoms in total. The smallest absolute Gasteiger partial charge is 0.144 e. The molecular formula is C26H33ClO9. The van der Waals surface area contributed by atoms with Crippen LogP contribution in [0.1, 0.15) is 29.7 Å². The highest BCUT2D eigenvalue weighted by molar-refractivity contribution is 6.31. The maximum absolute atomic E-state index is 10.8. The summed E-state index contributed by atoms with van der Waals surface area (Å²) < 4.78 is 22.8. The lowest BCUT2D eigenvalue weighted by molar-refractivity contribution is -0.309. The van der Waals surface area contributed by atoms with Crippen LogP contribution >= 0.6 is 11.6 Å². The predicted molar refractivity (Wildman–Crippen MR) is 130 cm³/mol. The minimum atomic E-state index is -1.58. The van der Waals surface area contributed by atoms with Crippen LogP contribution in [0.2, 0.25) is 5.02 Å². The number of hydrogen-bond acceptors (Lipinski definition) is 9. The number of aliphatic hydroxyl groups excluding tert-OH is 4. The van der Waals surface area contributed by atoms with Gasteiger partial charge in [0.25, 0.3) is 0 Å². The third-order valence-electron chi connectivity index (χ3n) is 6.64. The van der Waals surface area contributed by atoms with E-state index < -0.39 is 42.2 Å². The molecule has 10 heteroatoms. The highest BCUT2D eigenvalue weighted by Crippen LogP contribution is 2.40. The van der Waals surface area contributed by atoms with Gasteiger partial charge in [0.1, 0.15) is 41.4 Å². The highest BCUT2D eigenvalue weighted by Gasteiger charge is 2.55. The van der Waals surface area contributed by atoms with E-state index in [1.165, 1.54) is 0 Å². The first-order chi connectivity index (χ1) is 17.2. The molecule has 0 saturated carbocycles. The Labute approximate surface area is 214 Å². The van der Waals surface area contributed by atoms with E-state index in [4.69, 9.17) is 30.5 Å². The molecule has 36 heavy (non-hydrogen) atoms. The van der Waals surface area contributed by atoms with Crippen molar-refractivity contribution < 1.29 is 44.5 Å². The van der Waals surface area contributed by atoms with Crippen LogP contribution in [0.15, 0.2) is 42.5 Å². The average molecular weight is 525 g/mol. The zero-order valence-corrected chi connectivity index (χ0v) is 20.8. The van der Waals surface area contributed by atoms with E-state index in [-0.39, 0.29) is 26.4 Å². The molecule has 2 fully saturated rings. The molecule has 4 unspecified atom stereocenters. The summed E-state index contributed by atoms with van der Waals surface area (Å²) in [5.41, 5.74) is -0.721. The van der Waals surface area contributed by atoms with Gasteiger partial charge >= 0.3 is 0 Å². The molecule has 198 valence electrons. The van der Waals surface area contributed by atoms with E-state index in [9.17, 15) is 25.5 Å². The van der Waals surface area contributed by atoms with E-state index in [0.717, 1.165) is 16.9 Å². The number of ether oxygens (including phenoxy) is 4. The average Bonchev–Trinajstić information content (AvgIpc) is 2.86. The molecule has 0 bridgehead atoms. The van der Waals surface area contributed by atoms with Crippen LogP contribution < -0.4 is 4.74 Å². The van der Waals surface area contributed by atoms with Gasteiger partial charge in [-0.05, 0) is 48.2 Å². The second-order valence-corrected chi connectivity index (χ2v) is 9.91. The zero-order chi connectivity index (χ0) is 25.9. The second-order valence-electron chi connectivity index (χ2n) is 9.50. The van der Waals surface area contributed by atoms with Gasteiger partial charge in [-0.2, -0.15) is 0 Å². The molecule has 1 spiro atoms. The Morgan fingerprint density at radius 2 is 1.64 bits per heavy atom. The van der Waals surface area contributed by atoms with E-state index in [0.29, 0.717) is 23.6 Å². The van der Waals surface area contributed by atoms with Crippen LogP contribution in [0.4, 0.5) is 0 Å². The second kappa shape index (κ2) is 11.3. The minimum Gasteiger partial charge on any atom is -0.494 e. The Balaban J connectivity index is 1.57. The first-order valence-electron chi connectivity index (χ1n) is 11.9. The van der Waals surface area contributed by atoms with Crippen molar-refractivity contribution in [3.05, 3.63) is 64.2 Å². The number of rotatable bonds is 6. The monoisotopic (exact) mass is 524 g/mol.